The van der Waals surface area contributed by atoms with E-state index in [0.29, 0.717) is 0 Å². The van der Waals surface area contributed by atoms with Crippen molar-refractivity contribution < 1.29 is 41.2 Å². The van der Waals surface area contributed by atoms with Crippen LogP contribution in [0.5, 0.6) is 0 Å². The molecule has 1 rings (SSSR count). The Labute approximate surface area is 122 Å². The molecule has 0 aromatic heterocycles. The Balaban J connectivity index is -0.0000000204. The summed E-state index contributed by atoms with van der Waals surface area (Å²) in [5.74, 6) is -0.178. The molecule has 0 heterocycles. The Bertz CT molecular complexity index is 157. The zero-order chi connectivity index (χ0) is 5.11. The molecule has 5 heteroatoms. The minimum atomic E-state index is -0.178. The van der Waals surface area contributed by atoms with Gasteiger partial charge in [-0.2, -0.15) is 0 Å². The van der Waals surface area contributed by atoms with Crippen LogP contribution in [0, 0.1) is 5.82 Å². The van der Waals surface area contributed by atoms with E-state index in [-0.39, 0.29) is 88.7 Å². The Kier molecular flexibility index (Phi) is 29.6. The summed E-state index contributed by atoms with van der Waals surface area (Å²) in [6.45, 7) is 0. The molecule has 0 fully saturated rings. The van der Waals surface area contributed by atoms with E-state index in [1.54, 1.807) is 18.2 Å². The molecule has 0 saturated carbocycles. The average Bonchev–Trinajstić information content (AvgIpc) is 1.69. The van der Waals surface area contributed by atoms with Gasteiger partial charge >= 0.3 is 46.1 Å². The van der Waals surface area contributed by atoms with Gasteiger partial charge < -0.3 is 36.8 Å². The van der Waals surface area contributed by atoms with Crippen molar-refractivity contribution in [2.75, 3.05) is 0 Å². The quantitative estimate of drug-likeness (QED) is 0.423. The molecule has 0 aliphatic heterocycles. The monoisotopic (exact) mass is 304 g/mol. The van der Waals surface area contributed by atoms with Gasteiger partial charge in [0, 0.05) is 0 Å². The first-order valence-electron chi connectivity index (χ1n) is 2.10. The van der Waals surface area contributed by atoms with Gasteiger partial charge in [-0.1, -0.05) is 18.2 Å². The summed E-state index contributed by atoms with van der Waals surface area (Å²) >= 11 is 0. The predicted octanol–water partition coefficient (Wildman–Crippen LogP) is -4.70. The molecule has 0 spiro atoms. The normalized spacial score (nSPS) is 5.55. The Morgan fingerprint density at radius 2 is 1.27 bits per heavy atom. The Hall–Kier alpha value is 1.64. The third kappa shape index (κ3) is 11.6. The van der Waals surface area contributed by atoms with Gasteiger partial charge in [0.2, 0.25) is 0 Å². The van der Waals surface area contributed by atoms with Crippen LogP contribution in [0.4, 0.5) is 4.39 Å². The van der Waals surface area contributed by atoms with Crippen molar-refractivity contribution in [3.63, 3.8) is 0 Å². The number of hydrogen-bond acceptors (Lipinski definition) is 0. The van der Waals surface area contributed by atoms with E-state index in [9.17, 15) is 4.39 Å². The van der Waals surface area contributed by atoms with Crippen molar-refractivity contribution in [3.05, 3.63) is 36.1 Å². The summed E-state index contributed by atoms with van der Waals surface area (Å²) < 4.78 is 11.9. The molecule has 0 radical (unpaired) electrons. The molecule has 0 bridgehead atoms. The number of benzene rings is 1. The van der Waals surface area contributed by atoms with Gasteiger partial charge in [-0.3, -0.25) is 0 Å². The molecule has 0 aliphatic rings. The van der Waals surface area contributed by atoms with Crippen molar-refractivity contribution >= 4 is 46.1 Å². The Morgan fingerprint density at radius 3 is 1.45 bits per heavy atom. The summed E-state index contributed by atoms with van der Waals surface area (Å²) in [7, 11) is 0. The van der Waals surface area contributed by atoms with Gasteiger partial charge in [0.25, 0.3) is 0 Å². The third-order valence-electron chi connectivity index (χ3n) is 0.733. The first kappa shape index (κ1) is 22.9. The molecule has 0 nitrogen and oxygen atoms in total. The van der Waals surface area contributed by atoms with Gasteiger partial charge in [0.1, 0.15) is 5.82 Å². The molecule has 0 N–H and O–H groups in total. The van der Waals surface area contributed by atoms with Gasteiger partial charge in [-0.05, 0) is 12.1 Å². The maximum atomic E-state index is 11.9. The van der Waals surface area contributed by atoms with Crippen LogP contribution in [0.2, 0.25) is 0 Å². The van der Waals surface area contributed by atoms with E-state index in [1.165, 1.54) is 12.1 Å². The number of rotatable bonds is 0. The van der Waals surface area contributed by atoms with Crippen LogP contribution in [-0.2, 0) is 0 Å². The standard InChI is InChI=1S/C6H5F.2BrH.2Mg.2H/c7-6-4-2-1-3-5-6;;;;;;/h1-5H;2*1H;;;;/q;;;2*+2;2*-1/p-2. The Morgan fingerprint density at radius 1 is 0.909 bits per heavy atom. The topological polar surface area (TPSA) is 0 Å². The van der Waals surface area contributed by atoms with E-state index in [4.69, 9.17) is 0 Å². The van der Waals surface area contributed by atoms with E-state index in [1.807, 2.05) is 0 Å². The first-order chi connectivity index (χ1) is 3.39. The molecule has 0 unspecified atom stereocenters. The molecule has 0 amide bonds. The minimum absolute atomic E-state index is 0. The molecule has 0 saturated heterocycles. The van der Waals surface area contributed by atoms with Crippen molar-refractivity contribution in [1.82, 2.24) is 0 Å². The van der Waals surface area contributed by atoms with E-state index < -0.39 is 0 Å². The predicted molar refractivity (Wildman–Crippen MR) is 40.1 cm³/mol. The zero-order valence-corrected chi connectivity index (χ0v) is 11.9. The van der Waals surface area contributed by atoms with Crippen molar-refractivity contribution in [3.8, 4) is 0 Å². The third-order valence-corrected chi connectivity index (χ3v) is 0.733. The molecule has 56 valence electrons. The average molecular weight is 307 g/mol. The van der Waals surface area contributed by atoms with Gasteiger partial charge in [-0.15, -0.1) is 0 Å². The number of hydrogen-bond donors (Lipinski definition) is 0. The summed E-state index contributed by atoms with van der Waals surface area (Å²) in [6, 6.07) is 7.94. The van der Waals surface area contributed by atoms with Crippen molar-refractivity contribution in [2.45, 2.75) is 0 Å². The van der Waals surface area contributed by atoms with Crippen LogP contribution in [0.15, 0.2) is 30.3 Å². The van der Waals surface area contributed by atoms with Crippen LogP contribution in [-0.4, -0.2) is 46.1 Å². The second-order valence-electron chi connectivity index (χ2n) is 1.30. The summed E-state index contributed by atoms with van der Waals surface area (Å²) in [4.78, 5) is 0. The zero-order valence-electron chi connectivity index (χ0n) is 7.93. The fourth-order valence-electron chi connectivity index (χ4n) is 0.415. The van der Waals surface area contributed by atoms with Crippen LogP contribution >= 0.6 is 0 Å². The molecule has 1 aromatic carbocycles. The van der Waals surface area contributed by atoms with Gasteiger partial charge in [-0.25, -0.2) is 4.39 Å². The summed E-state index contributed by atoms with van der Waals surface area (Å²) in [5, 5.41) is 0. The maximum Gasteiger partial charge on any atom is 2.00 e. The molecule has 11 heavy (non-hydrogen) atoms. The SMILES string of the molecule is Fc1ccccc1.[Br-].[Br-].[H-].[H-].[Mg+2].[Mg+2]. The van der Waals surface area contributed by atoms with Crippen LogP contribution in [0.1, 0.15) is 2.85 Å². The minimum Gasteiger partial charge on any atom is -1.00 e. The van der Waals surface area contributed by atoms with E-state index in [0.717, 1.165) is 0 Å². The smallest absolute Gasteiger partial charge is 1.00 e. The first-order valence-corrected chi connectivity index (χ1v) is 2.10. The number of halogens is 3. The van der Waals surface area contributed by atoms with Gasteiger partial charge in [0.05, 0.1) is 0 Å². The summed E-state index contributed by atoms with van der Waals surface area (Å²) in [6.07, 6.45) is 0. The molecular formula is C6H7Br2FMg2. The van der Waals surface area contributed by atoms with Gasteiger partial charge in [0.15, 0.2) is 0 Å². The molecular weight excluding hydrogens is 299 g/mol. The second-order valence-corrected chi connectivity index (χ2v) is 1.30. The maximum absolute atomic E-state index is 11.9. The largest absolute Gasteiger partial charge is 2.00 e. The van der Waals surface area contributed by atoms with Crippen molar-refractivity contribution in [1.29, 1.82) is 0 Å². The van der Waals surface area contributed by atoms with E-state index in [2.05, 4.69) is 0 Å². The second kappa shape index (κ2) is 14.2. The van der Waals surface area contributed by atoms with Crippen LogP contribution in [0.25, 0.3) is 0 Å². The molecule has 0 atom stereocenters. The van der Waals surface area contributed by atoms with E-state index >= 15 is 0 Å². The van der Waals surface area contributed by atoms with Crippen LogP contribution < -0.4 is 34.0 Å². The fourth-order valence-corrected chi connectivity index (χ4v) is 0.415. The summed E-state index contributed by atoms with van der Waals surface area (Å²) in [5.41, 5.74) is 0. The fraction of sp³-hybridized carbons (Fsp3) is 0. The van der Waals surface area contributed by atoms with Crippen LogP contribution in [0.3, 0.4) is 0 Å². The van der Waals surface area contributed by atoms with Crippen molar-refractivity contribution in [2.24, 2.45) is 0 Å². The molecule has 1 aromatic rings. The molecule has 0 aliphatic carbocycles.